The third-order valence-corrected chi connectivity index (χ3v) is 3.70. The molecule has 0 aliphatic heterocycles. The number of aryl methyl sites for hydroxylation is 2. The van der Waals surface area contributed by atoms with Gasteiger partial charge in [0.25, 0.3) is 0 Å². The average molecular weight is 336 g/mol. The predicted octanol–water partition coefficient (Wildman–Crippen LogP) is 3.50. The molecule has 1 aromatic heterocycles. The van der Waals surface area contributed by atoms with E-state index in [9.17, 15) is 4.79 Å². The first kappa shape index (κ1) is 16.7. The van der Waals surface area contributed by atoms with Gasteiger partial charge in [0, 0.05) is 11.3 Å². The van der Waals surface area contributed by atoms with Crippen molar-refractivity contribution in [1.82, 2.24) is 15.2 Å². The van der Waals surface area contributed by atoms with Crippen molar-refractivity contribution in [2.45, 2.75) is 20.3 Å². The summed E-state index contributed by atoms with van der Waals surface area (Å²) in [6, 6.07) is 15.2. The number of hydrogen-bond acceptors (Lipinski definition) is 4. The molecule has 0 aliphatic rings. The number of anilines is 1. The smallest absolute Gasteiger partial charge is 0.227 e. The van der Waals surface area contributed by atoms with Crippen molar-refractivity contribution >= 4 is 11.6 Å². The van der Waals surface area contributed by atoms with Crippen LogP contribution in [0, 0.1) is 13.8 Å². The van der Waals surface area contributed by atoms with Gasteiger partial charge in [-0.2, -0.15) is 5.10 Å². The van der Waals surface area contributed by atoms with E-state index >= 15 is 0 Å². The fourth-order valence-corrected chi connectivity index (χ4v) is 2.37. The van der Waals surface area contributed by atoms with E-state index in [2.05, 4.69) is 20.5 Å². The highest BCUT2D eigenvalue weighted by atomic mass is 16.5. The Morgan fingerprint density at radius 2 is 1.88 bits per heavy atom. The molecule has 6 heteroatoms. The van der Waals surface area contributed by atoms with Crippen molar-refractivity contribution in [3.63, 3.8) is 0 Å². The summed E-state index contributed by atoms with van der Waals surface area (Å²) in [6.07, 6.45) is 0.288. The first-order valence-corrected chi connectivity index (χ1v) is 8.09. The van der Waals surface area contributed by atoms with Gasteiger partial charge in [0.15, 0.2) is 5.82 Å². The lowest BCUT2D eigenvalue weighted by molar-refractivity contribution is -0.116. The number of carbonyl (C=O) groups excluding carboxylic acids is 1. The van der Waals surface area contributed by atoms with Gasteiger partial charge >= 0.3 is 0 Å². The van der Waals surface area contributed by atoms with Crippen molar-refractivity contribution in [1.29, 1.82) is 0 Å². The molecule has 0 unspecified atom stereocenters. The zero-order valence-corrected chi connectivity index (χ0v) is 14.2. The summed E-state index contributed by atoms with van der Waals surface area (Å²) in [6.45, 7) is 4.17. The third kappa shape index (κ3) is 4.44. The summed E-state index contributed by atoms with van der Waals surface area (Å²) in [5.74, 6) is 2.12. The standard InChI is InChI=1S/C19H20N4O2/c1-13-5-3-4-6-17(13)25-12-11-18(24)21-16-9-7-15(8-10-16)19-20-14(2)22-23-19/h3-10H,11-12H2,1-2H3,(H,21,24)(H,20,22,23). The molecule has 0 saturated heterocycles. The van der Waals surface area contributed by atoms with Crippen molar-refractivity contribution < 1.29 is 9.53 Å². The number of benzene rings is 2. The maximum absolute atomic E-state index is 12.0. The molecule has 3 aromatic rings. The molecule has 128 valence electrons. The Morgan fingerprint density at radius 3 is 2.56 bits per heavy atom. The van der Waals surface area contributed by atoms with E-state index in [-0.39, 0.29) is 12.3 Å². The van der Waals surface area contributed by atoms with Crippen LogP contribution in [0.1, 0.15) is 17.8 Å². The summed E-state index contributed by atoms with van der Waals surface area (Å²) in [5, 5.41) is 9.78. The molecule has 1 heterocycles. The van der Waals surface area contributed by atoms with Crippen molar-refractivity contribution in [2.75, 3.05) is 11.9 Å². The van der Waals surface area contributed by atoms with Crippen LogP contribution in [0.4, 0.5) is 5.69 Å². The van der Waals surface area contributed by atoms with E-state index < -0.39 is 0 Å². The third-order valence-electron chi connectivity index (χ3n) is 3.70. The average Bonchev–Trinajstić information content (AvgIpc) is 3.04. The SMILES string of the molecule is Cc1nc(-c2ccc(NC(=O)CCOc3ccccc3C)cc2)n[nH]1. The Hall–Kier alpha value is -3.15. The minimum Gasteiger partial charge on any atom is -0.493 e. The van der Waals surface area contributed by atoms with Gasteiger partial charge in [0.05, 0.1) is 13.0 Å². The van der Waals surface area contributed by atoms with E-state index in [4.69, 9.17) is 4.74 Å². The molecule has 0 saturated carbocycles. The van der Waals surface area contributed by atoms with Crippen LogP contribution < -0.4 is 10.1 Å². The molecule has 3 rings (SSSR count). The van der Waals surface area contributed by atoms with Gasteiger partial charge in [0.1, 0.15) is 11.6 Å². The summed E-state index contributed by atoms with van der Waals surface area (Å²) in [4.78, 5) is 16.3. The van der Waals surface area contributed by atoms with E-state index in [1.54, 1.807) is 0 Å². The molecule has 25 heavy (non-hydrogen) atoms. The van der Waals surface area contributed by atoms with Crippen LogP contribution in [0.25, 0.3) is 11.4 Å². The van der Waals surface area contributed by atoms with E-state index in [0.29, 0.717) is 12.4 Å². The second kappa shape index (κ2) is 7.61. The van der Waals surface area contributed by atoms with Crippen LogP contribution in [0.15, 0.2) is 48.5 Å². The lowest BCUT2D eigenvalue weighted by atomic mass is 10.2. The molecule has 0 atom stereocenters. The largest absolute Gasteiger partial charge is 0.493 e. The molecule has 0 bridgehead atoms. The molecule has 6 nitrogen and oxygen atoms in total. The van der Waals surface area contributed by atoms with Crippen LogP contribution in [0.2, 0.25) is 0 Å². The number of aromatic amines is 1. The van der Waals surface area contributed by atoms with E-state index in [0.717, 1.165) is 28.4 Å². The topological polar surface area (TPSA) is 79.9 Å². The van der Waals surface area contributed by atoms with Gasteiger partial charge in [-0.25, -0.2) is 4.98 Å². The first-order valence-electron chi connectivity index (χ1n) is 8.09. The number of ether oxygens (including phenoxy) is 1. The highest BCUT2D eigenvalue weighted by Gasteiger charge is 2.06. The van der Waals surface area contributed by atoms with Crippen LogP contribution in [-0.2, 0) is 4.79 Å². The number of nitrogens with one attached hydrogen (secondary N) is 2. The van der Waals surface area contributed by atoms with Crippen molar-refractivity contribution in [2.24, 2.45) is 0 Å². The number of carbonyl (C=O) groups is 1. The second-order valence-electron chi connectivity index (χ2n) is 5.73. The number of amides is 1. The maximum atomic E-state index is 12.0. The van der Waals surface area contributed by atoms with Crippen LogP contribution in [0.5, 0.6) is 5.75 Å². The summed E-state index contributed by atoms with van der Waals surface area (Å²) < 4.78 is 5.64. The second-order valence-corrected chi connectivity index (χ2v) is 5.73. The lowest BCUT2D eigenvalue weighted by Gasteiger charge is -2.09. The molecule has 0 spiro atoms. The minimum absolute atomic E-state index is 0.0879. The van der Waals surface area contributed by atoms with Gasteiger partial charge in [-0.05, 0) is 49.7 Å². The van der Waals surface area contributed by atoms with Gasteiger partial charge in [-0.1, -0.05) is 18.2 Å². The monoisotopic (exact) mass is 336 g/mol. The quantitative estimate of drug-likeness (QED) is 0.722. The highest BCUT2D eigenvalue weighted by Crippen LogP contribution is 2.18. The lowest BCUT2D eigenvalue weighted by Crippen LogP contribution is -2.15. The van der Waals surface area contributed by atoms with Gasteiger partial charge < -0.3 is 10.1 Å². The van der Waals surface area contributed by atoms with Crippen LogP contribution in [0.3, 0.4) is 0 Å². The molecular formula is C19H20N4O2. The normalized spacial score (nSPS) is 10.5. The molecule has 2 N–H and O–H groups in total. The van der Waals surface area contributed by atoms with Gasteiger partial charge in [-0.3, -0.25) is 9.89 Å². The Kier molecular flexibility index (Phi) is 5.09. The Bertz CT molecular complexity index is 856. The van der Waals surface area contributed by atoms with Crippen molar-refractivity contribution in [3.05, 3.63) is 59.9 Å². The number of H-pyrrole nitrogens is 1. The zero-order chi connectivity index (χ0) is 17.6. The minimum atomic E-state index is -0.0879. The highest BCUT2D eigenvalue weighted by molar-refractivity contribution is 5.91. The van der Waals surface area contributed by atoms with E-state index in [1.165, 1.54) is 0 Å². The summed E-state index contributed by atoms with van der Waals surface area (Å²) in [7, 11) is 0. The molecule has 2 aromatic carbocycles. The van der Waals surface area contributed by atoms with E-state index in [1.807, 2.05) is 62.4 Å². The number of aromatic nitrogens is 3. The Balaban J connectivity index is 1.50. The molecule has 0 fully saturated rings. The molecule has 0 radical (unpaired) electrons. The molecular weight excluding hydrogens is 316 g/mol. The molecule has 0 aliphatic carbocycles. The fourth-order valence-electron chi connectivity index (χ4n) is 2.37. The predicted molar refractivity (Wildman–Crippen MR) is 96.5 cm³/mol. The maximum Gasteiger partial charge on any atom is 0.227 e. The Morgan fingerprint density at radius 1 is 1.12 bits per heavy atom. The number of para-hydroxylation sites is 1. The molecule has 1 amide bonds. The zero-order valence-electron chi connectivity index (χ0n) is 14.2. The van der Waals surface area contributed by atoms with Crippen LogP contribution >= 0.6 is 0 Å². The summed E-state index contributed by atoms with van der Waals surface area (Å²) >= 11 is 0. The van der Waals surface area contributed by atoms with Gasteiger partial charge in [-0.15, -0.1) is 0 Å². The first-order chi connectivity index (χ1) is 12.1. The number of nitrogens with zero attached hydrogens (tertiary/aromatic N) is 2. The number of rotatable bonds is 6. The fraction of sp³-hybridized carbons (Fsp3) is 0.211. The number of hydrogen-bond donors (Lipinski definition) is 2. The summed E-state index contributed by atoms with van der Waals surface area (Å²) in [5.41, 5.74) is 2.68. The van der Waals surface area contributed by atoms with Crippen LogP contribution in [-0.4, -0.2) is 27.7 Å². The van der Waals surface area contributed by atoms with Gasteiger partial charge in [0.2, 0.25) is 5.91 Å². The van der Waals surface area contributed by atoms with Crippen molar-refractivity contribution in [3.8, 4) is 17.1 Å². The Labute approximate surface area is 146 Å².